The van der Waals surface area contributed by atoms with Crippen molar-refractivity contribution in [2.45, 2.75) is 18.6 Å². The van der Waals surface area contributed by atoms with E-state index in [0.29, 0.717) is 24.2 Å². The molecular weight excluding hydrogens is 380 g/mol. The molecule has 0 aromatic heterocycles. The lowest BCUT2D eigenvalue weighted by molar-refractivity contribution is -0.385. The van der Waals surface area contributed by atoms with Crippen LogP contribution in [0.25, 0.3) is 0 Å². The Balaban J connectivity index is 1.47. The molecule has 2 aromatic rings. The van der Waals surface area contributed by atoms with Gasteiger partial charge in [-0.25, -0.2) is 0 Å². The normalized spacial score (nSPS) is 18.6. The monoisotopic (exact) mass is 400 g/mol. The molecule has 2 aliphatic heterocycles. The Morgan fingerprint density at radius 1 is 1.18 bits per heavy atom. The molecule has 1 saturated heterocycles. The van der Waals surface area contributed by atoms with E-state index in [0.717, 1.165) is 29.2 Å². The molecule has 0 spiro atoms. The molecule has 0 N–H and O–H groups in total. The Bertz CT molecular complexity index is 933. The van der Waals surface area contributed by atoms with Crippen LogP contribution in [0.5, 0.6) is 11.5 Å². The number of ether oxygens (including phenoxy) is 2. The van der Waals surface area contributed by atoms with Gasteiger partial charge in [-0.15, -0.1) is 0 Å². The summed E-state index contributed by atoms with van der Waals surface area (Å²) in [6, 6.07) is 10.7. The van der Waals surface area contributed by atoms with Gasteiger partial charge in [0.1, 0.15) is 0 Å². The summed E-state index contributed by atoms with van der Waals surface area (Å²) < 4.78 is 10.8. The average molecular weight is 400 g/mol. The molecule has 1 amide bonds. The van der Waals surface area contributed by atoms with E-state index < -0.39 is 4.92 Å². The number of hydrogen-bond donors (Lipinski definition) is 0. The molecule has 0 saturated carbocycles. The van der Waals surface area contributed by atoms with E-state index in [1.165, 1.54) is 6.07 Å². The number of amides is 1. The summed E-state index contributed by atoms with van der Waals surface area (Å²) in [5.74, 6) is 2.18. The van der Waals surface area contributed by atoms with Crippen molar-refractivity contribution in [3.05, 3.63) is 63.2 Å². The van der Waals surface area contributed by atoms with Gasteiger partial charge in [0, 0.05) is 41.3 Å². The third kappa shape index (κ3) is 3.64. The van der Waals surface area contributed by atoms with Crippen LogP contribution < -0.4 is 9.47 Å². The highest BCUT2D eigenvalue weighted by Crippen LogP contribution is 2.40. The van der Waals surface area contributed by atoms with E-state index in [2.05, 4.69) is 0 Å². The minimum absolute atomic E-state index is 0.0201. The number of rotatable bonds is 3. The van der Waals surface area contributed by atoms with Crippen molar-refractivity contribution >= 4 is 23.4 Å². The minimum Gasteiger partial charge on any atom is -0.454 e. The highest BCUT2D eigenvalue weighted by Gasteiger charge is 2.25. The Kier molecular flexibility index (Phi) is 5.13. The van der Waals surface area contributed by atoms with Crippen LogP contribution in [0.3, 0.4) is 0 Å². The average Bonchev–Trinajstić information content (AvgIpc) is 3.02. The Morgan fingerprint density at radius 2 is 2.00 bits per heavy atom. The van der Waals surface area contributed by atoms with Crippen LogP contribution in [-0.4, -0.2) is 41.4 Å². The molecule has 0 aliphatic carbocycles. The first-order chi connectivity index (χ1) is 13.5. The lowest BCUT2D eigenvalue weighted by Crippen LogP contribution is -2.33. The van der Waals surface area contributed by atoms with Crippen molar-refractivity contribution in [1.29, 1.82) is 0 Å². The van der Waals surface area contributed by atoms with E-state index in [1.807, 2.05) is 30.0 Å². The summed E-state index contributed by atoms with van der Waals surface area (Å²) in [5.41, 5.74) is 2.06. The molecule has 1 fully saturated rings. The maximum absolute atomic E-state index is 12.9. The number of aryl methyl sites for hydroxylation is 1. The van der Waals surface area contributed by atoms with Gasteiger partial charge >= 0.3 is 0 Å². The predicted molar refractivity (Wildman–Crippen MR) is 106 cm³/mol. The Hall–Kier alpha value is -2.74. The van der Waals surface area contributed by atoms with E-state index in [9.17, 15) is 14.9 Å². The van der Waals surface area contributed by atoms with Gasteiger partial charge in [0.2, 0.25) is 6.79 Å². The van der Waals surface area contributed by atoms with Gasteiger partial charge in [-0.3, -0.25) is 14.9 Å². The summed E-state index contributed by atoms with van der Waals surface area (Å²) >= 11 is 1.81. The zero-order valence-electron chi connectivity index (χ0n) is 15.4. The highest BCUT2D eigenvalue weighted by atomic mass is 32.2. The largest absolute Gasteiger partial charge is 0.454 e. The van der Waals surface area contributed by atoms with E-state index in [-0.39, 0.29) is 23.6 Å². The van der Waals surface area contributed by atoms with Crippen molar-refractivity contribution in [2.24, 2.45) is 0 Å². The van der Waals surface area contributed by atoms with Gasteiger partial charge in [-0.1, -0.05) is 12.1 Å². The van der Waals surface area contributed by atoms with Gasteiger partial charge in [-0.05, 0) is 37.1 Å². The number of benzene rings is 2. The zero-order chi connectivity index (χ0) is 19.7. The lowest BCUT2D eigenvalue weighted by atomic mass is 10.1. The fourth-order valence-corrected chi connectivity index (χ4v) is 4.70. The molecule has 0 bridgehead atoms. The number of fused-ring (bicyclic) bond motifs is 1. The van der Waals surface area contributed by atoms with Crippen LogP contribution in [0.1, 0.15) is 33.2 Å². The highest BCUT2D eigenvalue weighted by molar-refractivity contribution is 7.99. The smallest absolute Gasteiger partial charge is 0.273 e. The van der Waals surface area contributed by atoms with Crippen molar-refractivity contribution in [3.63, 3.8) is 0 Å². The first kappa shape index (κ1) is 18.6. The van der Waals surface area contributed by atoms with Crippen molar-refractivity contribution in [1.82, 2.24) is 4.90 Å². The van der Waals surface area contributed by atoms with Crippen LogP contribution >= 0.6 is 11.8 Å². The van der Waals surface area contributed by atoms with Gasteiger partial charge < -0.3 is 14.4 Å². The van der Waals surface area contributed by atoms with Crippen molar-refractivity contribution in [2.75, 3.05) is 25.6 Å². The van der Waals surface area contributed by atoms with Crippen LogP contribution in [-0.2, 0) is 0 Å². The van der Waals surface area contributed by atoms with Gasteiger partial charge in [0.25, 0.3) is 11.6 Å². The molecule has 4 rings (SSSR count). The van der Waals surface area contributed by atoms with Gasteiger partial charge in [-0.2, -0.15) is 11.8 Å². The number of carbonyl (C=O) groups is 1. The summed E-state index contributed by atoms with van der Waals surface area (Å²) in [7, 11) is 0. The standard InChI is InChI=1S/C20H20N2O5S/c1-13-2-3-15(10-16(13)22(24)25)20(23)21-7-6-19(28-9-8-21)14-4-5-17-18(11-14)27-12-26-17/h2-5,10-11,19H,6-9,12H2,1H3. The third-order valence-corrected chi connectivity index (χ3v) is 6.38. The number of hydrogen-bond acceptors (Lipinski definition) is 6. The van der Waals surface area contributed by atoms with E-state index in [4.69, 9.17) is 9.47 Å². The molecule has 2 aromatic carbocycles. The summed E-state index contributed by atoms with van der Waals surface area (Å²) in [6.45, 7) is 3.14. The number of nitro groups is 1. The second kappa shape index (κ2) is 7.71. The molecule has 2 aliphatic rings. The first-order valence-corrected chi connectivity index (χ1v) is 10.1. The Labute approximate surface area is 166 Å². The van der Waals surface area contributed by atoms with Gasteiger partial charge in [0.05, 0.1) is 4.92 Å². The molecule has 8 heteroatoms. The van der Waals surface area contributed by atoms with Crippen LogP contribution in [0, 0.1) is 17.0 Å². The number of carbonyl (C=O) groups excluding carboxylic acids is 1. The number of nitrogens with zero attached hydrogens (tertiary/aromatic N) is 2. The lowest BCUT2D eigenvalue weighted by Gasteiger charge is -2.20. The van der Waals surface area contributed by atoms with Crippen molar-refractivity contribution in [3.8, 4) is 11.5 Å². The zero-order valence-corrected chi connectivity index (χ0v) is 16.2. The fourth-order valence-electron chi connectivity index (χ4n) is 3.47. The van der Waals surface area contributed by atoms with Crippen molar-refractivity contribution < 1.29 is 19.2 Å². The van der Waals surface area contributed by atoms with E-state index >= 15 is 0 Å². The summed E-state index contributed by atoms with van der Waals surface area (Å²) in [5, 5.41) is 11.4. The molecule has 0 radical (unpaired) electrons. The third-order valence-electron chi connectivity index (χ3n) is 5.05. The molecule has 1 unspecified atom stereocenters. The predicted octanol–water partition coefficient (Wildman–Crippen LogP) is 3.95. The van der Waals surface area contributed by atoms with Gasteiger partial charge in [0.15, 0.2) is 11.5 Å². The quantitative estimate of drug-likeness (QED) is 0.573. The minimum atomic E-state index is -0.444. The molecule has 146 valence electrons. The van der Waals surface area contributed by atoms with Crippen LogP contribution in [0.15, 0.2) is 36.4 Å². The summed E-state index contributed by atoms with van der Waals surface area (Å²) in [6.07, 6.45) is 0.810. The molecule has 2 heterocycles. The number of nitro benzene ring substituents is 1. The van der Waals surface area contributed by atoms with E-state index in [1.54, 1.807) is 24.0 Å². The second-order valence-corrected chi connectivity index (χ2v) is 8.12. The molecule has 1 atom stereocenters. The maximum Gasteiger partial charge on any atom is 0.273 e. The Morgan fingerprint density at radius 3 is 2.82 bits per heavy atom. The topological polar surface area (TPSA) is 81.9 Å². The number of thioether (sulfide) groups is 1. The molecular formula is C20H20N2O5S. The molecule has 7 nitrogen and oxygen atoms in total. The van der Waals surface area contributed by atoms with Crippen LogP contribution in [0.4, 0.5) is 5.69 Å². The SMILES string of the molecule is Cc1ccc(C(=O)N2CCSC(c3ccc4c(c3)OCO4)CC2)cc1[N+](=O)[O-]. The first-order valence-electron chi connectivity index (χ1n) is 9.08. The summed E-state index contributed by atoms with van der Waals surface area (Å²) in [4.78, 5) is 25.4. The molecule has 28 heavy (non-hydrogen) atoms. The maximum atomic E-state index is 12.9. The van der Waals surface area contributed by atoms with Crippen LogP contribution in [0.2, 0.25) is 0 Å². The second-order valence-electron chi connectivity index (χ2n) is 6.81. The fraction of sp³-hybridized carbons (Fsp3) is 0.350.